The van der Waals surface area contributed by atoms with Crippen molar-refractivity contribution in [1.82, 2.24) is 9.80 Å². The van der Waals surface area contributed by atoms with Crippen LogP contribution < -0.4 is 0 Å². The molecule has 1 aromatic carbocycles. The van der Waals surface area contributed by atoms with E-state index in [9.17, 15) is 4.79 Å². The van der Waals surface area contributed by atoms with E-state index in [1.54, 1.807) is 6.26 Å². The van der Waals surface area contributed by atoms with E-state index < -0.39 is 0 Å². The molecule has 24 heavy (non-hydrogen) atoms. The highest BCUT2D eigenvalue weighted by Crippen LogP contribution is 2.48. The lowest BCUT2D eigenvalue weighted by Gasteiger charge is -2.22. The van der Waals surface area contributed by atoms with Crippen molar-refractivity contribution < 1.29 is 9.21 Å². The zero-order valence-corrected chi connectivity index (χ0v) is 13.9. The molecule has 0 bridgehead atoms. The van der Waals surface area contributed by atoms with Crippen LogP contribution in [0.15, 0.2) is 53.1 Å². The maximum absolute atomic E-state index is 12.7. The number of hydrogen-bond donors (Lipinski definition) is 0. The molecule has 0 unspecified atom stereocenters. The molecule has 2 atom stereocenters. The first-order valence-corrected chi connectivity index (χ1v) is 8.90. The SMILES string of the molecule is O=C([C@H]1C[C@H]1c1ccco1)N1CCCN(Cc2ccccc2)CC1. The van der Waals surface area contributed by atoms with Crippen molar-refractivity contribution in [3.05, 3.63) is 60.1 Å². The first-order chi connectivity index (χ1) is 11.8. The normalized spacial score (nSPS) is 24.6. The first-order valence-electron chi connectivity index (χ1n) is 8.90. The zero-order valence-electron chi connectivity index (χ0n) is 13.9. The van der Waals surface area contributed by atoms with Crippen LogP contribution >= 0.6 is 0 Å². The number of rotatable bonds is 4. The van der Waals surface area contributed by atoms with Gasteiger partial charge >= 0.3 is 0 Å². The summed E-state index contributed by atoms with van der Waals surface area (Å²) in [5.74, 6) is 1.72. The number of amides is 1. The fraction of sp³-hybridized carbons (Fsp3) is 0.450. The van der Waals surface area contributed by atoms with Crippen LogP contribution in [0.5, 0.6) is 0 Å². The van der Waals surface area contributed by atoms with Gasteiger partial charge in [0, 0.05) is 44.6 Å². The fourth-order valence-corrected chi connectivity index (χ4v) is 3.71. The van der Waals surface area contributed by atoms with Gasteiger partial charge in [-0.25, -0.2) is 0 Å². The third-order valence-corrected chi connectivity index (χ3v) is 5.17. The van der Waals surface area contributed by atoms with Gasteiger partial charge in [-0.2, -0.15) is 0 Å². The molecule has 0 radical (unpaired) electrons. The lowest BCUT2D eigenvalue weighted by atomic mass is 10.2. The third kappa shape index (κ3) is 3.39. The predicted octanol–water partition coefficient (Wildman–Crippen LogP) is 3.12. The average molecular weight is 324 g/mol. The number of carbonyl (C=O) groups excluding carboxylic acids is 1. The molecule has 2 aliphatic rings. The number of hydrogen-bond acceptors (Lipinski definition) is 3. The lowest BCUT2D eigenvalue weighted by Crippen LogP contribution is -2.36. The first kappa shape index (κ1) is 15.5. The molecule has 2 heterocycles. The zero-order chi connectivity index (χ0) is 16.4. The van der Waals surface area contributed by atoms with Gasteiger partial charge in [-0.1, -0.05) is 30.3 Å². The lowest BCUT2D eigenvalue weighted by molar-refractivity contribution is -0.132. The van der Waals surface area contributed by atoms with E-state index in [1.807, 2.05) is 12.1 Å². The summed E-state index contributed by atoms with van der Waals surface area (Å²) in [5, 5.41) is 0. The molecule has 4 nitrogen and oxygen atoms in total. The minimum atomic E-state index is 0.136. The van der Waals surface area contributed by atoms with Gasteiger partial charge < -0.3 is 9.32 Å². The standard InChI is InChI=1S/C20H24N2O2/c23-20(18-14-17(18)19-8-4-13-24-19)22-10-5-9-21(11-12-22)15-16-6-2-1-3-7-16/h1-4,6-8,13,17-18H,5,9-12,14-15H2/t17-,18+/m1/s1. The second-order valence-corrected chi connectivity index (χ2v) is 6.90. The Hall–Kier alpha value is -2.07. The number of nitrogens with zero attached hydrogens (tertiary/aromatic N) is 2. The summed E-state index contributed by atoms with van der Waals surface area (Å²) < 4.78 is 5.45. The molecular weight excluding hydrogens is 300 g/mol. The molecule has 1 amide bonds. The van der Waals surface area contributed by atoms with E-state index in [1.165, 1.54) is 5.56 Å². The Bertz CT molecular complexity index is 668. The fourth-order valence-electron chi connectivity index (χ4n) is 3.71. The van der Waals surface area contributed by atoms with Crippen LogP contribution in [-0.2, 0) is 11.3 Å². The van der Waals surface area contributed by atoms with Crippen LogP contribution in [0, 0.1) is 5.92 Å². The maximum atomic E-state index is 12.7. The van der Waals surface area contributed by atoms with Crippen molar-refractivity contribution in [2.75, 3.05) is 26.2 Å². The van der Waals surface area contributed by atoms with E-state index in [0.717, 1.165) is 51.3 Å². The van der Waals surface area contributed by atoms with E-state index in [0.29, 0.717) is 11.8 Å². The largest absolute Gasteiger partial charge is 0.469 e. The molecule has 2 fully saturated rings. The highest BCUT2D eigenvalue weighted by molar-refractivity contribution is 5.82. The Morgan fingerprint density at radius 3 is 2.71 bits per heavy atom. The topological polar surface area (TPSA) is 36.7 Å². The van der Waals surface area contributed by atoms with Crippen molar-refractivity contribution in [3.8, 4) is 0 Å². The third-order valence-electron chi connectivity index (χ3n) is 5.17. The Balaban J connectivity index is 1.31. The highest BCUT2D eigenvalue weighted by Gasteiger charge is 2.47. The monoisotopic (exact) mass is 324 g/mol. The summed E-state index contributed by atoms with van der Waals surface area (Å²) in [4.78, 5) is 17.3. The summed E-state index contributed by atoms with van der Waals surface area (Å²) in [6, 6.07) is 14.5. The van der Waals surface area contributed by atoms with Crippen molar-refractivity contribution >= 4 is 5.91 Å². The predicted molar refractivity (Wildman–Crippen MR) is 92.5 cm³/mol. The Labute approximate surface area is 143 Å². The maximum Gasteiger partial charge on any atom is 0.226 e. The molecule has 2 aromatic rings. The summed E-state index contributed by atoms with van der Waals surface area (Å²) in [5.41, 5.74) is 1.34. The number of carbonyl (C=O) groups is 1. The van der Waals surface area contributed by atoms with Gasteiger partial charge in [-0.15, -0.1) is 0 Å². The van der Waals surface area contributed by atoms with E-state index in [-0.39, 0.29) is 5.92 Å². The number of furan rings is 1. The molecule has 1 aromatic heterocycles. The van der Waals surface area contributed by atoms with Crippen LogP contribution in [0.3, 0.4) is 0 Å². The summed E-state index contributed by atoms with van der Waals surface area (Å²) >= 11 is 0. The number of benzene rings is 1. The molecule has 126 valence electrons. The van der Waals surface area contributed by atoms with Gasteiger partial charge in [0.15, 0.2) is 0 Å². The van der Waals surface area contributed by atoms with Gasteiger partial charge in [-0.3, -0.25) is 9.69 Å². The smallest absolute Gasteiger partial charge is 0.226 e. The molecule has 4 heteroatoms. The highest BCUT2D eigenvalue weighted by atomic mass is 16.3. The summed E-state index contributed by atoms with van der Waals surface area (Å²) in [6.07, 6.45) is 3.69. The Morgan fingerprint density at radius 2 is 1.92 bits per heavy atom. The molecule has 1 saturated heterocycles. The second kappa shape index (κ2) is 6.81. The Kier molecular flexibility index (Phi) is 4.39. The molecule has 4 rings (SSSR count). The van der Waals surface area contributed by atoms with Gasteiger partial charge in [-0.05, 0) is 30.5 Å². The van der Waals surface area contributed by atoms with Crippen molar-refractivity contribution in [2.24, 2.45) is 5.92 Å². The van der Waals surface area contributed by atoms with E-state index in [2.05, 4.69) is 40.1 Å². The van der Waals surface area contributed by atoms with Crippen LogP contribution in [0.25, 0.3) is 0 Å². The molecule has 1 aliphatic carbocycles. The molecule has 1 saturated carbocycles. The van der Waals surface area contributed by atoms with Crippen LogP contribution in [0.4, 0.5) is 0 Å². The molecular formula is C20H24N2O2. The van der Waals surface area contributed by atoms with Gasteiger partial charge in [0.2, 0.25) is 5.91 Å². The van der Waals surface area contributed by atoms with Crippen LogP contribution in [0.2, 0.25) is 0 Å². The average Bonchev–Trinajstić information content (AvgIpc) is 3.29. The van der Waals surface area contributed by atoms with Crippen molar-refractivity contribution in [2.45, 2.75) is 25.3 Å². The van der Waals surface area contributed by atoms with Crippen molar-refractivity contribution in [1.29, 1.82) is 0 Å². The summed E-state index contributed by atoms with van der Waals surface area (Å²) in [7, 11) is 0. The van der Waals surface area contributed by atoms with E-state index in [4.69, 9.17) is 4.42 Å². The Morgan fingerprint density at radius 1 is 1.04 bits per heavy atom. The van der Waals surface area contributed by atoms with Crippen LogP contribution in [0.1, 0.15) is 30.1 Å². The second-order valence-electron chi connectivity index (χ2n) is 6.90. The minimum Gasteiger partial charge on any atom is -0.469 e. The van der Waals surface area contributed by atoms with E-state index >= 15 is 0 Å². The van der Waals surface area contributed by atoms with Gasteiger partial charge in [0.25, 0.3) is 0 Å². The molecule has 0 spiro atoms. The summed E-state index contributed by atoms with van der Waals surface area (Å²) in [6.45, 7) is 4.71. The van der Waals surface area contributed by atoms with Gasteiger partial charge in [0.05, 0.1) is 6.26 Å². The van der Waals surface area contributed by atoms with Gasteiger partial charge in [0.1, 0.15) is 5.76 Å². The molecule has 1 aliphatic heterocycles. The van der Waals surface area contributed by atoms with Crippen molar-refractivity contribution in [3.63, 3.8) is 0 Å². The van der Waals surface area contributed by atoms with Crippen LogP contribution in [-0.4, -0.2) is 41.9 Å². The molecule has 0 N–H and O–H groups in total. The quantitative estimate of drug-likeness (QED) is 0.867. The minimum absolute atomic E-state index is 0.136.